The monoisotopic (exact) mass is 921 g/mol. The van der Waals surface area contributed by atoms with Gasteiger partial charge in [-0.15, -0.1) is 0 Å². The fourth-order valence-corrected chi connectivity index (χ4v) is 6.97. The van der Waals surface area contributed by atoms with Gasteiger partial charge in [0.2, 0.25) is 0 Å². The summed E-state index contributed by atoms with van der Waals surface area (Å²) in [5.41, 5.74) is 7.39. The van der Waals surface area contributed by atoms with Crippen molar-refractivity contribution >= 4 is 66.4 Å². The number of hydrogen-bond acceptors (Lipinski definition) is 6. The molecule has 0 unspecified atom stereocenters. The van der Waals surface area contributed by atoms with Crippen molar-refractivity contribution in [3.8, 4) is 22.5 Å². The van der Waals surface area contributed by atoms with Gasteiger partial charge in [0.25, 0.3) is 5.91 Å². The number of benzene rings is 2. The predicted molar refractivity (Wildman–Crippen MR) is 212 cm³/mol. The molecule has 0 saturated heterocycles. The molecule has 4 heterocycles. The summed E-state index contributed by atoms with van der Waals surface area (Å²) >= 11 is 6.78. The van der Waals surface area contributed by atoms with Gasteiger partial charge in [0.1, 0.15) is 0 Å². The number of carboxylic acids is 1. The normalized spacial score (nSPS) is 13.0. The summed E-state index contributed by atoms with van der Waals surface area (Å²) in [6.45, 7) is 3.09. The van der Waals surface area contributed by atoms with Crippen LogP contribution in [0, 0.1) is 13.8 Å². The first-order valence-corrected chi connectivity index (χ1v) is 19.2. The van der Waals surface area contributed by atoms with E-state index in [1.165, 1.54) is 6.07 Å². The van der Waals surface area contributed by atoms with Gasteiger partial charge in [0.05, 0.1) is 53.6 Å². The van der Waals surface area contributed by atoms with Crippen molar-refractivity contribution < 1.29 is 41.0 Å². The quantitative estimate of drug-likeness (QED) is 0.0954. The summed E-state index contributed by atoms with van der Waals surface area (Å²) in [6.07, 6.45) is -1.43. The molecule has 0 atom stereocenters. The van der Waals surface area contributed by atoms with E-state index in [4.69, 9.17) is 5.11 Å². The number of imidazole rings is 2. The summed E-state index contributed by atoms with van der Waals surface area (Å²) in [5.74, 6) is -1.07. The summed E-state index contributed by atoms with van der Waals surface area (Å²) in [5, 5.41) is 17.7. The minimum absolute atomic E-state index is 0.0708. The second kappa shape index (κ2) is 16.8. The van der Waals surface area contributed by atoms with Crippen molar-refractivity contribution in [3.63, 3.8) is 0 Å². The van der Waals surface area contributed by atoms with Crippen molar-refractivity contribution in [1.82, 2.24) is 24.1 Å². The molecule has 18 heteroatoms. The molecule has 1 amide bonds. The van der Waals surface area contributed by atoms with Crippen LogP contribution < -0.4 is 16.0 Å². The molecule has 0 bridgehead atoms. The molecule has 0 spiro atoms. The molecule has 4 N–H and O–H groups in total. The Bertz CT molecular complexity index is 2460. The fourth-order valence-electron chi connectivity index (χ4n) is 6.10. The third-order valence-electron chi connectivity index (χ3n) is 9.02. The number of hydrogen-bond donors (Lipinski definition) is 4. The number of rotatable bonds is 11. The summed E-state index contributed by atoms with van der Waals surface area (Å²) in [7, 11) is 0. The standard InChI is InChI=1S/C21H20BrF3N4O.C18H15BrF3N3O2/c1-12-8-13(2-5-16(12)20(30)28-15-3-4-15)18-10-27-19-17(9-14(22)11-29(18)19)26-7-6-21(23,24)25;1-10-6-11(2-3-13(10)17(26)27)15-8-24-16-14(7-12(19)9-25(15)16)23-5-4-18(20,21)22/h2,5,8-11,15,26H,3-4,6-7H2,1H3,(H,28,30);2-3,6-9,23H,4-5H2,1H3,(H,26,27). The Morgan fingerprint density at radius 2 is 1.18 bits per heavy atom. The SMILES string of the molecule is Cc1cc(-c2cnc3c(NCCC(F)(F)F)cc(Br)cn23)ccc1C(=O)NC1CC1.Cc1cc(-c2cnc3c(NCCC(F)(F)F)cc(Br)cn23)ccc1C(=O)O. The molecular weight excluding hydrogens is 888 g/mol. The van der Waals surface area contributed by atoms with E-state index in [0.717, 1.165) is 35.2 Å². The lowest BCUT2D eigenvalue weighted by Crippen LogP contribution is -2.26. The zero-order valence-corrected chi connectivity index (χ0v) is 33.5. The van der Waals surface area contributed by atoms with E-state index in [1.807, 2.05) is 29.7 Å². The second-order valence-electron chi connectivity index (χ2n) is 13.5. The highest BCUT2D eigenvalue weighted by Gasteiger charge is 2.28. The van der Waals surface area contributed by atoms with Crippen LogP contribution in [0.2, 0.25) is 0 Å². The Morgan fingerprint density at radius 3 is 1.56 bits per heavy atom. The van der Waals surface area contributed by atoms with E-state index in [-0.39, 0.29) is 30.6 Å². The van der Waals surface area contributed by atoms with Crippen molar-refractivity contribution in [2.75, 3.05) is 23.7 Å². The number of amides is 1. The van der Waals surface area contributed by atoms with E-state index in [1.54, 1.807) is 60.2 Å². The molecule has 300 valence electrons. The number of carbonyl (C=O) groups excluding carboxylic acids is 1. The molecule has 2 aromatic carbocycles. The molecule has 1 saturated carbocycles. The number of aromatic nitrogens is 4. The van der Waals surface area contributed by atoms with Gasteiger partial charge in [-0.05, 0) is 106 Å². The Hall–Kier alpha value is -5.10. The number of halogens is 8. The molecule has 7 rings (SSSR count). The van der Waals surface area contributed by atoms with Crippen LogP contribution in [-0.2, 0) is 0 Å². The van der Waals surface area contributed by atoms with Crippen LogP contribution >= 0.6 is 31.9 Å². The van der Waals surface area contributed by atoms with Gasteiger partial charge in [-0.2, -0.15) is 26.3 Å². The van der Waals surface area contributed by atoms with Gasteiger partial charge < -0.3 is 21.1 Å². The van der Waals surface area contributed by atoms with Crippen LogP contribution in [0.25, 0.3) is 33.8 Å². The first kappa shape index (κ1) is 41.5. The summed E-state index contributed by atoms with van der Waals surface area (Å²) in [6, 6.07) is 14.2. The number of pyridine rings is 2. The van der Waals surface area contributed by atoms with Gasteiger partial charge in [0, 0.05) is 57.2 Å². The second-order valence-corrected chi connectivity index (χ2v) is 15.3. The Labute approximate surface area is 339 Å². The van der Waals surface area contributed by atoms with Crippen molar-refractivity contribution in [2.45, 2.75) is 57.9 Å². The third kappa shape index (κ3) is 10.5. The van der Waals surface area contributed by atoms with E-state index in [9.17, 15) is 35.9 Å². The summed E-state index contributed by atoms with van der Waals surface area (Å²) < 4.78 is 79.6. The lowest BCUT2D eigenvalue weighted by Gasteiger charge is -2.12. The lowest BCUT2D eigenvalue weighted by molar-refractivity contribution is -0.132. The van der Waals surface area contributed by atoms with E-state index in [2.05, 4.69) is 57.8 Å². The van der Waals surface area contributed by atoms with Crippen LogP contribution in [-0.4, -0.2) is 67.2 Å². The summed E-state index contributed by atoms with van der Waals surface area (Å²) in [4.78, 5) is 32.3. The highest BCUT2D eigenvalue weighted by atomic mass is 79.9. The predicted octanol–water partition coefficient (Wildman–Crippen LogP) is 10.5. The van der Waals surface area contributed by atoms with Crippen molar-refractivity contribution in [1.29, 1.82) is 0 Å². The van der Waals surface area contributed by atoms with E-state index < -0.39 is 31.2 Å². The lowest BCUT2D eigenvalue weighted by atomic mass is 10.0. The molecule has 0 radical (unpaired) electrons. The van der Waals surface area contributed by atoms with Crippen LogP contribution in [0.15, 0.2) is 82.3 Å². The minimum Gasteiger partial charge on any atom is -0.478 e. The fraction of sp³-hybridized carbons (Fsp3) is 0.282. The molecule has 1 aliphatic carbocycles. The zero-order chi connectivity index (χ0) is 41.2. The number of aryl methyl sites for hydroxylation is 2. The van der Waals surface area contributed by atoms with Crippen LogP contribution in [0.4, 0.5) is 37.7 Å². The molecule has 0 aliphatic heterocycles. The Kier molecular flexibility index (Phi) is 12.2. The van der Waals surface area contributed by atoms with Gasteiger partial charge in [0.15, 0.2) is 11.3 Å². The molecule has 57 heavy (non-hydrogen) atoms. The first-order valence-electron chi connectivity index (χ1n) is 17.6. The average molecular weight is 924 g/mol. The zero-order valence-electron chi connectivity index (χ0n) is 30.3. The molecule has 1 fully saturated rings. The number of carboxylic acid groups (broad SMARTS) is 1. The van der Waals surface area contributed by atoms with Crippen LogP contribution in [0.1, 0.15) is 57.5 Å². The Morgan fingerprint density at radius 1 is 0.737 bits per heavy atom. The van der Waals surface area contributed by atoms with Gasteiger partial charge >= 0.3 is 18.3 Å². The molecule has 10 nitrogen and oxygen atoms in total. The van der Waals surface area contributed by atoms with Crippen molar-refractivity contribution in [3.05, 3.63) is 105 Å². The number of nitrogens with one attached hydrogen (secondary N) is 3. The number of fused-ring (bicyclic) bond motifs is 2. The number of anilines is 2. The highest BCUT2D eigenvalue weighted by Crippen LogP contribution is 2.32. The van der Waals surface area contributed by atoms with Gasteiger partial charge in [-0.1, -0.05) is 12.1 Å². The van der Waals surface area contributed by atoms with Gasteiger partial charge in [-0.3, -0.25) is 13.6 Å². The number of aromatic carboxylic acids is 1. The average Bonchev–Trinajstić information content (AvgIpc) is 3.65. The van der Waals surface area contributed by atoms with Gasteiger partial charge in [-0.25, -0.2) is 14.8 Å². The topological polar surface area (TPSA) is 125 Å². The smallest absolute Gasteiger partial charge is 0.390 e. The maximum Gasteiger partial charge on any atom is 0.390 e. The maximum absolute atomic E-state index is 12.5. The molecule has 1 aliphatic rings. The highest BCUT2D eigenvalue weighted by molar-refractivity contribution is 9.10. The largest absolute Gasteiger partial charge is 0.478 e. The minimum atomic E-state index is -4.24. The maximum atomic E-state index is 12.5. The molecular formula is C39H35Br2F6N7O3. The van der Waals surface area contributed by atoms with E-state index in [0.29, 0.717) is 48.4 Å². The molecule has 4 aromatic heterocycles. The van der Waals surface area contributed by atoms with Crippen molar-refractivity contribution in [2.24, 2.45) is 0 Å². The van der Waals surface area contributed by atoms with E-state index >= 15 is 0 Å². The number of nitrogens with zero attached hydrogens (tertiary/aromatic N) is 4. The first-order chi connectivity index (χ1) is 26.9. The van der Waals surface area contributed by atoms with Crippen LogP contribution in [0.5, 0.6) is 0 Å². The molecule has 6 aromatic rings. The third-order valence-corrected chi connectivity index (χ3v) is 9.89. The Balaban J connectivity index is 0.000000194. The number of carbonyl (C=O) groups is 2. The van der Waals surface area contributed by atoms with Crippen LogP contribution in [0.3, 0.4) is 0 Å². The number of alkyl halides is 6.